The Morgan fingerprint density at radius 1 is 0.960 bits per heavy atom. The Kier molecular flexibility index (Phi) is 4.64. The first kappa shape index (κ1) is 17.9. The van der Waals surface area contributed by atoms with E-state index in [0.29, 0.717) is 0 Å². The number of rotatable bonds is 3. The summed E-state index contributed by atoms with van der Waals surface area (Å²) in [7, 11) is 0. The van der Waals surface area contributed by atoms with Crippen LogP contribution in [-0.2, 0) is 10.8 Å². The van der Waals surface area contributed by atoms with Crippen LogP contribution in [0.25, 0.3) is 17.2 Å². The van der Waals surface area contributed by atoms with Crippen molar-refractivity contribution in [2.45, 2.75) is 58.3 Å². The summed E-state index contributed by atoms with van der Waals surface area (Å²) in [4.78, 5) is 0. The van der Waals surface area contributed by atoms with Crippen LogP contribution in [0, 0.1) is 6.92 Å². The van der Waals surface area contributed by atoms with Crippen molar-refractivity contribution in [2.24, 2.45) is 0 Å². The van der Waals surface area contributed by atoms with Crippen molar-refractivity contribution in [3.05, 3.63) is 64.7 Å². The largest absolute Gasteiger partial charge is 0.392 e. The minimum absolute atomic E-state index is 0.0748. The average Bonchev–Trinajstić information content (AvgIpc) is 2.57. The maximum Gasteiger partial charge on any atom is 0.0615 e. The zero-order valence-electron chi connectivity index (χ0n) is 16.2. The summed E-state index contributed by atoms with van der Waals surface area (Å²) in [6.07, 6.45) is 6.23. The molecule has 0 radical (unpaired) electrons. The number of hydrogen-bond donors (Lipinski definition) is 1. The van der Waals surface area contributed by atoms with Crippen molar-refractivity contribution in [3.8, 4) is 11.1 Å². The Morgan fingerprint density at radius 2 is 1.60 bits per heavy atom. The molecule has 0 fully saturated rings. The highest BCUT2D eigenvalue weighted by atomic mass is 16.2. The molecular weight excluding hydrogens is 304 g/mol. The van der Waals surface area contributed by atoms with Gasteiger partial charge in [0.1, 0.15) is 0 Å². The van der Waals surface area contributed by atoms with Crippen LogP contribution < -0.4 is 0 Å². The number of aliphatic hydroxyl groups is 1. The third-order valence-corrected chi connectivity index (χ3v) is 5.81. The molecule has 0 saturated heterocycles. The Balaban J connectivity index is 2.15. The number of benzene rings is 2. The van der Waals surface area contributed by atoms with E-state index < -0.39 is 0 Å². The molecule has 2 aromatic carbocycles. The normalized spacial score (nSPS) is 18.3. The van der Waals surface area contributed by atoms with E-state index in [9.17, 15) is 0 Å². The second kappa shape index (κ2) is 6.46. The van der Waals surface area contributed by atoms with Crippen LogP contribution in [0.4, 0.5) is 0 Å². The van der Waals surface area contributed by atoms with Crippen LogP contribution in [0.2, 0.25) is 0 Å². The fourth-order valence-electron chi connectivity index (χ4n) is 4.03. The van der Waals surface area contributed by atoms with Gasteiger partial charge in [0.25, 0.3) is 0 Å². The molecule has 0 heterocycles. The molecule has 1 aliphatic carbocycles. The van der Waals surface area contributed by atoms with Crippen LogP contribution in [0.3, 0.4) is 0 Å². The van der Waals surface area contributed by atoms with Crippen LogP contribution >= 0.6 is 0 Å². The average molecular weight is 335 g/mol. The summed E-state index contributed by atoms with van der Waals surface area (Å²) in [5, 5.41) is 9.01. The molecule has 0 amide bonds. The molecule has 0 spiro atoms. The molecular formula is C24H30O. The zero-order valence-corrected chi connectivity index (χ0v) is 16.2. The molecule has 0 bridgehead atoms. The smallest absolute Gasteiger partial charge is 0.0615 e. The van der Waals surface area contributed by atoms with Gasteiger partial charge in [-0.15, -0.1) is 0 Å². The maximum absolute atomic E-state index is 9.01. The molecule has 1 nitrogen and oxygen atoms in total. The summed E-state index contributed by atoms with van der Waals surface area (Å²) >= 11 is 0. The highest BCUT2D eigenvalue weighted by Gasteiger charge is 2.37. The summed E-state index contributed by atoms with van der Waals surface area (Å²) in [6.45, 7) is 11.8. The highest BCUT2D eigenvalue weighted by molar-refractivity contribution is 5.72. The van der Waals surface area contributed by atoms with E-state index in [2.05, 4.69) is 71.0 Å². The Hall–Kier alpha value is -1.86. The van der Waals surface area contributed by atoms with Crippen molar-refractivity contribution in [2.75, 3.05) is 6.61 Å². The van der Waals surface area contributed by atoms with Gasteiger partial charge in [0.2, 0.25) is 0 Å². The van der Waals surface area contributed by atoms with Crippen molar-refractivity contribution in [3.63, 3.8) is 0 Å². The molecule has 0 atom stereocenters. The lowest BCUT2D eigenvalue weighted by atomic mass is 9.62. The Labute approximate surface area is 152 Å². The first-order chi connectivity index (χ1) is 11.7. The quantitative estimate of drug-likeness (QED) is 0.728. The fraction of sp³-hybridized carbons (Fsp3) is 0.417. The Bertz CT molecular complexity index is 809. The number of aliphatic hydroxyl groups excluding tert-OH is 1. The minimum Gasteiger partial charge on any atom is -0.392 e. The molecule has 25 heavy (non-hydrogen) atoms. The lowest BCUT2D eigenvalue weighted by molar-refractivity contribution is 0.332. The van der Waals surface area contributed by atoms with Crippen LogP contribution in [0.15, 0.2) is 42.5 Å². The highest BCUT2D eigenvalue weighted by Crippen LogP contribution is 2.47. The molecule has 2 aromatic rings. The van der Waals surface area contributed by atoms with E-state index in [4.69, 9.17) is 5.11 Å². The van der Waals surface area contributed by atoms with E-state index >= 15 is 0 Å². The van der Waals surface area contributed by atoms with Gasteiger partial charge in [-0.05, 0) is 70.0 Å². The molecule has 132 valence electrons. The van der Waals surface area contributed by atoms with E-state index in [1.54, 1.807) is 6.08 Å². The van der Waals surface area contributed by atoms with Crippen molar-refractivity contribution < 1.29 is 5.11 Å². The lowest BCUT2D eigenvalue weighted by Crippen LogP contribution is -2.34. The molecule has 0 saturated carbocycles. The van der Waals surface area contributed by atoms with Gasteiger partial charge in [0, 0.05) is 0 Å². The second-order valence-corrected chi connectivity index (χ2v) is 8.69. The third-order valence-electron chi connectivity index (χ3n) is 5.81. The lowest BCUT2D eigenvalue weighted by Gasteiger charge is -2.42. The van der Waals surface area contributed by atoms with Gasteiger partial charge in [-0.1, -0.05) is 70.2 Å². The zero-order chi connectivity index (χ0) is 18.2. The molecule has 1 heteroatoms. The maximum atomic E-state index is 9.01. The first-order valence-electron chi connectivity index (χ1n) is 9.28. The molecule has 0 unspecified atom stereocenters. The van der Waals surface area contributed by atoms with E-state index in [1.165, 1.54) is 40.7 Å². The summed E-state index contributed by atoms with van der Waals surface area (Å²) in [5.41, 5.74) is 8.53. The van der Waals surface area contributed by atoms with Gasteiger partial charge in [-0.25, -0.2) is 0 Å². The standard InChI is InChI=1S/C24H30O/c1-17-14-21-22(24(4,5)12-11-23(21,2)3)16-20(17)19-10-6-8-18(15-19)9-7-13-25/h6-10,14-16,25H,11-13H2,1-5H3. The third kappa shape index (κ3) is 3.43. The van der Waals surface area contributed by atoms with Gasteiger partial charge in [-0.3, -0.25) is 0 Å². The topological polar surface area (TPSA) is 20.2 Å². The molecule has 1 aliphatic rings. The van der Waals surface area contributed by atoms with Crippen LogP contribution in [-0.4, -0.2) is 11.7 Å². The number of aryl methyl sites for hydroxylation is 1. The van der Waals surface area contributed by atoms with Crippen molar-refractivity contribution in [1.82, 2.24) is 0 Å². The van der Waals surface area contributed by atoms with Gasteiger partial charge in [-0.2, -0.15) is 0 Å². The van der Waals surface area contributed by atoms with Gasteiger partial charge >= 0.3 is 0 Å². The van der Waals surface area contributed by atoms with Gasteiger partial charge in [0.05, 0.1) is 6.61 Å². The van der Waals surface area contributed by atoms with Crippen molar-refractivity contribution in [1.29, 1.82) is 0 Å². The number of hydrogen-bond acceptors (Lipinski definition) is 1. The van der Waals surface area contributed by atoms with E-state index in [-0.39, 0.29) is 17.4 Å². The number of fused-ring (bicyclic) bond motifs is 1. The summed E-state index contributed by atoms with van der Waals surface area (Å²) < 4.78 is 0. The molecule has 0 aromatic heterocycles. The SMILES string of the molecule is Cc1cc2c(cc1-c1cccc(C=CCO)c1)C(C)(C)CCC2(C)C. The minimum atomic E-state index is 0.0748. The fourth-order valence-corrected chi connectivity index (χ4v) is 4.03. The van der Waals surface area contributed by atoms with Crippen molar-refractivity contribution >= 4 is 6.08 Å². The second-order valence-electron chi connectivity index (χ2n) is 8.69. The van der Waals surface area contributed by atoms with Crippen LogP contribution in [0.1, 0.15) is 62.8 Å². The predicted octanol–water partition coefficient (Wildman–Crippen LogP) is 6.02. The Morgan fingerprint density at radius 3 is 2.24 bits per heavy atom. The first-order valence-corrected chi connectivity index (χ1v) is 9.28. The molecule has 3 rings (SSSR count). The predicted molar refractivity (Wildman–Crippen MR) is 108 cm³/mol. The van der Waals surface area contributed by atoms with Gasteiger partial charge in [0.15, 0.2) is 0 Å². The molecule has 0 aliphatic heterocycles. The summed E-state index contributed by atoms with van der Waals surface area (Å²) in [6, 6.07) is 13.4. The monoisotopic (exact) mass is 334 g/mol. The van der Waals surface area contributed by atoms with Gasteiger partial charge < -0.3 is 5.11 Å². The van der Waals surface area contributed by atoms with Crippen LogP contribution in [0.5, 0.6) is 0 Å². The molecule has 1 N–H and O–H groups in total. The van der Waals surface area contributed by atoms with E-state index in [0.717, 1.165) is 5.56 Å². The summed E-state index contributed by atoms with van der Waals surface area (Å²) in [5.74, 6) is 0. The van der Waals surface area contributed by atoms with E-state index in [1.807, 2.05) is 6.08 Å².